The predicted molar refractivity (Wildman–Crippen MR) is 91.3 cm³/mol. The van der Waals surface area contributed by atoms with E-state index >= 15 is 0 Å². The van der Waals surface area contributed by atoms with Gasteiger partial charge in [-0.3, -0.25) is 0 Å². The quantitative estimate of drug-likeness (QED) is 0.603. The van der Waals surface area contributed by atoms with Gasteiger partial charge in [0.05, 0.1) is 9.23 Å². The van der Waals surface area contributed by atoms with Crippen LogP contribution in [0, 0.1) is 0 Å². The van der Waals surface area contributed by atoms with Crippen LogP contribution in [0.3, 0.4) is 0 Å². The first-order chi connectivity index (χ1) is 9.95. The molecule has 0 fully saturated rings. The average molecular weight is 362 g/mol. The Morgan fingerprint density at radius 1 is 1.19 bits per heavy atom. The number of hydrogen-bond donors (Lipinski definition) is 1. The number of halogens is 1. The molecular weight excluding hydrogens is 346 g/mol. The van der Waals surface area contributed by atoms with Crippen molar-refractivity contribution in [3.05, 3.63) is 45.6 Å². The van der Waals surface area contributed by atoms with Crippen LogP contribution in [-0.2, 0) is 16.4 Å². The lowest BCUT2D eigenvalue weighted by Crippen LogP contribution is -2.15. The summed E-state index contributed by atoms with van der Waals surface area (Å²) in [7, 11) is -3.11. The predicted octanol–water partition coefficient (Wildman–Crippen LogP) is 3.69. The summed E-state index contributed by atoms with van der Waals surface area (Å²) in [6.45, 7) is 1.71. The summed E-state index contributed by atoms with van der Waals surface area (Å²) in [5.74, 6) is 0.928. The van der Waals surface area contributed by atoms with Crippen LogP contribution in [0.5, 0.6) is 0 Å². The molecule has 3 nitrogen and oxygen atoms in total. The van der Waals surface area contributed by atoms with Crippen molar-refractivity contribution >= 4 is 44.5 Å². The third kappa shape index (κ3) is 5.64. The Hall–Kier alpha value is -0.530. The first-order valence-electron chi connectivity index (χ1n) is 6.33. The van der Waals surface area contributed by atoms with Crippen LogP contribution >= 0.6 is 34.7 Å². The van der Waals surface area contributed by atoms with Gasteiger partial charge in [0.2, 0.25) is 0 Å². The molecule has 1 aromatic heterocycles. The lowest BCUT2D eigenvalue weighted by Gasteiger charge is -2.04. The number of thiophene rings is 1. The molecule has 1 heterocycles. The molecular formula is C14H16ClNO2S3. The smallest absolute Gasteiger partial charge is 0.175 e. The van der Waals surface area contributed by atoms with Crippen molar-refractivity contribution in [3.8, 4) is 0 Å². The van der Waals surface area contributed by atoms with E-state index in [0.29, 0.717) is 4.90 Å². The number of benzene rings is 1. The second kappa shape index (κ2) is 7.65. The van der Waals surface area contributed by atoms with Crippen LogP contribution in [-0.4, -0.2) is 27.0 Å². The number of nitrogens with one attached hydrogen (secondary N) is 1. The molecule has 0 aliphatic heterocycles. The molecule has 0 spiro atoms. The first kappa shape index (κ1) is 16.8. The Morgan fingerprint density at radius 3 is 2.48 bits per heavy atom. The van der Waals surface area contributed by atoms with E-state index in [1.165, 1.54) is 11.1 Å². The molecule has 7 heteroatoms. The Bertz CT molecular complexity index is 680. The van der Waals surface area contributed by atoms with Gasteiger partial charge in [0.15, 0.2) is 9.84 Å². The number of hydrogen-bond acceptors (Lipinski definition) is 5. The standard InChI is InChI=1S/C14H16ClNO2S3/c1-21(17,18)13-5-2-11(3-6-13)19-9-8-16-10-12-4-7-14(15)20-12/h2-7,16H,8-10H2,1H3. The third-order valence-corrected chi connectivity index (χ3v) is 6.10. The highest BCUT2D eigenvalue weighted by Gasteiger charge is 2.06. The molecule has 2 aromatic rings. The van der Waals surface area contributed by atoms with E-state index in [-0.39, 0.29) is 0 Å². The van der Waals surface area contributed by atoms with Gasteiger partial charge in [-0.25, -0.2) is 8.42 Å². The zero-order valence-electron chi connectivity index (χ0n) is 11.5. The SMILES string of the molecule is CS(=O)(=O)c1ccc(SCCNCc2ccc(Cl)s2)cc1. The fraction of sp³-hybridized carbons (Fsp3) is 0.286. The molecule has 21 heavy (non-hydrogen) atoms. The van der Waals surface area contributed by atoms with E-state index in [1.807, 2.05) is 24.3 Å². The van der Waals surface area contributed by atoms with Crippen LogP contribution < -0.4 is 5.32 Å². The molecule has 0 radical (unpaired) electrons. The van der Waals surface area contributed by atoms with Crippen LogP contribution in [0.15, 0.2) is 46.2 Å². The molecule has 114 valence electrons. The second-order valence-electron chi connectivity index (χ2n) is 4.47. The molecule has 0 aliphatic rings. The van der Waals surface area contributed by atoms with Crippen LogP contribution in [0.1, 0.15) is 4.88 Å². The number of thioether (sulfide) groups is 1. The van der Waals surface area contributed by atoms with Crippen LogP contribution in [0.2, 0.25) is 4.34 Å². The molecule has 2 rings (SSSR count). The minimum absolute atomic E-state index is 0.361. The zero-order chi connectivity index (χ0) is 15.3. The molecule has 1 N–H and O–H groups in total. The van der Waals surface area contributed by atoms with Crippen molar-refractivity contribution in [2.75, 3.05) is 18.6 Å². The summed E-state index contributed by atoms with van der Waals surface area (Å²) in [5, 5.41) is 3.36. The highest BCUT2D eigenvalue weighted by molar-refractivity contribution is 7.99. The van der Waals surface area contributed by atoms with Crippen molar-refractivity contribution in [2.45, 2.75) is 16.3 Å². The Balaban J connectivity index is 1.71. The number of sulfone groups is 1. The van der Waals surface area contributed by atoms with Gasteiger partial charge in [-0.15, -0.1) is 23.1 Å². The molecule has 0 saturated heterocycles. The minimum Gasteiger partial charge on any atom is -0.311 e. The van der Waals surface area contributed by atoms with Crippen molar-refractivity contribution in [2.24, 2.45) is 0 Å². The summed E-state index contributed by atoms with van der Waals surface area (Å²) in [6, 6.07) is 10.9. The molecule has 0 unspecified atom stereocenters. The van der Waals surface area contributed by atoms with E-state index in [2.05, 4.69) is 5.32 Å². The normalized spacial score (nSPS) is 11.7. The zero-order valence-corrected chi connectivity index (χ0v) is 14.7. The van der Waals surface area contributed by atoms with Gasteiger partial charge in [-0.2, -0.15) is 0 Å². The highest BCUT2D eigenvalue weighted by Crippen LogP contribution is 2.22. The first-order valence-corrected chi connectivity index (χ1v) is 10.4. The summed E-state index contributed by atoms with van der Waals surface area (Å²) in [6.07, 6.45) is 1.22. The third-order valence-electron chi connectivity index (χ3n) is 2.73. The maximum atomic E-state index is 11.4. The molecule has 0 aliphatic carbocycles. The lowest BCUT2D eigenvalue weighted by atomic mass is 10.4. The van der Waals surface area contributed by atoms with E-state index in [9.17, 15) is 8.42 Å². The van der Waals surface area contributed by atoms with Crippen molar-refractivity contribution in [1.82, 2.24) is 5.32 Å². The number of rotatable bonds is 7. The summed E-state index contributed by atoms with van der Waals surface area (Å²) >= 11 is 9.15. The van der Waals surface area contributed by atoms with E-state index in [4.69, 9.17) is 11.6 Å². The second-order valence-corrected chi connectivity index (χ2v) is 9.46. The van der Waals surface area contributed by atoms with E-state index in [0.717, 1.165) is 28.1 Å². The summed E-state index contributed by atoms with van der Waals surface area (Å²) < 4.78 is 23.5. The Morgan fingerprint density at radius 2 is 1.90 bits per heavy atom. The Kier molecular flexibility index (Phi) is 6.13. The van der Waals surface area contributed by atoms with Gasteiger partial charge < -0.3 is 5.32 Å². The molecule has 1 aromatic carbocycles. The van der Waals surface area contributed by atoms with Gasteiger partial charge >= 0.3 is 0 Å². The maximum absolute atomic E-state index is 11.4. The largest absolute Gasteiger partial charge is 0.311 e. The summed E-state index contributed by atoms with van der Waals surface area (Å²) in [4.78, 5) is 2.66. The average Bonchev–Trinajstić information content (AvgIpc) is 2.84. The molecule has 0 amide bonds. The van der Waals surface area contributed by atoms with Crippen molar-refractivity contribution in [3.63, 3.8) is 0 Å². The summed E-state index contributed by atoms with van der Waals surface area (Å²) in [5.41, 5.74) is 0. The fourth-order valence-corrected chi connectivity index (χ4v) is 4.18. The highest BCUT2D eigenvalue weighted by atomic mass is 35.5. The van der Waals surface area contributed by atoms with Gasteiger partial charge in [0.25, 0.3) is 0 Å². The fourth-order valence-electron chi connectivity index (χ4n) is 1.68. The van der Waals surface area contributed by atoms with Crippen molar-refractivity contribution < 1.29 is 8.42 Å². The van der Waals surface area contributed by atoms with Crippen LogP contribution in [0.4, 0.5) is 0 Å². The molecule has 0 bridgehead atoms. The maximum Gasteiger partial charge on any atom is 0.175 e. The van der Waals surface area contributed by atoms with E-state index < -0.39 is 9.84 Å². The van der Waals surface area contributed by atoms with E-state index in [1.54, 1.807) is 35.2 Å². The van der Waals surface area contributed by atoms with Gasteiger partial charge in [0.1, 0.15) is 0 Å². The molecule has 0 saturated carbocycles. The topological polar surface area (TPSA) is 46.2 Å². The minimum atomic E-state index is -3.11. The van der Waals surface area contributed by atoms with Crippen LogP contribution in [0.25, 0.3) is 0 Å². The monoisotopic (exact) mass is 361 g/mol. The lowest BCUT2D eigenvalue weighted by molar-refractivity contribution is 0.602. The van der Waals surface area contributed by atoms with Gasteiger partial charge in [0, 0.05) is 34.9 Å². The van der Waals surface area contributed by atoms with Crippen molar-refractivity contribution in [1.29, 1.82) is 0 Å². The van der Waals surface area contributed by atoms with Gasteiger partial charge in [-0.1, -0.05) is 11.6 Å². The van der Waals surface area contributed by atoms with Gasteiger partial charge in [-0.05, 0) is 36.4 Å². The molecule has 0 atom stereocenters. The Labute approximate surface area is 138 Å².